The number of anilines is 1. The molecule has 0 bridgehead atoms. The molecule has 0 fully saturated rings. The van der Waals surface area contributed by atoms with E-state index in [0.29, 0.717) is 11.3 Å². The molecule has 20 heavy (non-hydrogen) atoms. The first kappa shape index (κ1) is 15.6. The summed E-state index contributed by atoms with van der Waals surface area (Å²) >= 11 is 0. The molecule has 0 spiro atoms. The fourth-order valence-corrected chi connectivity index (χ4v) is 1.51. The van der Waals surface area contributed by atoms with Gasteiger partial charge in [-0.1, -0.05) is 20.8 Å². The highest BCUT2D eigenvalue weighted by molar-refractivity contribution is 6.02. The topological polar surface area (TPSA) is 70.0 Å². The van der Waals surface area contributed by atoms with Gasteiger partial charge >= 0.3 is 0 Å². The highest BCUT2D eigenvalue weighted by Gasteiger charge is 2.24. The summed E-state index contributed by atoms with van der Waals surface area (Å²) in [4.78, 5) is 23.1. The number of rotatable bonds is 4. The molecule has 0 aliphatic heterocycles. The number of benzene rings is 1. The molecule has 0 radical (unpaired) electrons. The zero-order valence-electron chi connectivity index (χ0n) is 12.2. The summed E-state index contributed by atoms with van der Waals surface area (Å²) in [6.07, 6.45) is 1.40. The van der Waals surface area contributed by atoms with Crippen molar-refractivity contribution < 1.29 is 9.59 Å². The molecule has 0 heterocycles. The van der Waals surface area contributed by atoms with Gasteiger partial charge in [0, 0.05) is 22.9 Å². The van der Waals surface area contributed by atoms with E-state index in [-0.39, 0.29) is 17.1 Å². The number of nitrogens with zero attached hydrogens (tertiary/aromatic N) is 1. The number of allylic oxidation sites excluding steroid dienone is 1. The molecule has 0 saturated carbocycles. The normalized spacial score (nSPS) is 11.7. The molecule has 0 atom stereocenters. The van der Waals surface area contributed by atoms with Crippen LogP contribution in [0.4, 0.5) is 5.69 Å². The molecule has 0 unspecified atom stereocenters. The molecule has 0 aromatic heterocycles. The van der Waals surface area contributed by atoms with Crippen LogP contribution in [0.2, 0.25) is 0 Å². The summed E-state index contributed by atoms with van der Waals surface area (Å²) < 4.78 is 0. The van der Waals surface area contributed by atoms with E-state index in [9.17, 15) is 9.59 Å². The van der Waals surface area contributed by atoms with Crippen molar-refractivity contribution in [2.75, 3.05) is 5.32 Å². The molecule has 1 rings (SSSR count). The van der Waals surface area contributed by atoms with E-state index in [1.54, 1.807) is 45.0 Å². The second-order valence-corrected chi connectivity index (χ2v) is 5.53. The molecular formula is C16H18N2O2. The van der Waals surface area contributed by atoms with E-state index < -0.39 is 5.41 Å². The predicted octanol–water partition coefficient (Wildman–Crippen LogP) is 3.32. The number of Topliss-reactive ketones (excluding diaryl/α,β-unsaturated/α-hetero) is 2. The summed E-state index contributed by atoms with van der Waals surface area (Å²) in [5.41, 5.74) is 0.810. The molecule has 1 N–H and O–H groups in total. The molecule has 0 aliphatic rings. The SMILES string of the molecule is CC(=O)c1ccc(N/C=C(\C#N)C(=O)C(C)(C)C)cc1. The predicted molar refractivity (Wildman–Crippen MR) is 78.2 cm³/mol. The molecule has 0 saturated heterocycles. The third kappa shape index (κ3) is 4.06. The summed E-state index contributed by atoms with van der Waals surface area (Å²) in [7, 11) is 0. The van der Waals surface area contributed by atoms with Crippen LogP contribution in [0.15, 0.2) is 36.0 Å². The van der Waals surface area contributed by atoms with Crippen LogP contribution in [-0.4, -0.2) is 11.6 Å². The average molecular weight is 270 g/mol. The molecule has 1 aromatic rings. The van der Waals surface area contributed by atoms with E-state index in [1.807, 2.05) is 6.07 Å². The van der Waals surface area contributed by atoms with Crippen molar-refractivity contribution in [3.05, 3.63) is 41.6 Å². The Morgan fingerprint density at radius 1 is 1.20 bits per heavy atom. The molecule has 104 valence electrons. The maximum Gasteiger partial charge on any atom is 0.180 e. The van der Waals surface area contributed by atoms with Crippen LogP contribution in [0.25, 0.3) is 0 Å². The second-order valence-electron chi connectivity index (χ2n) is 5.53. The summed E-state index contributed by atoms with van der Waals surface area (Å²) in [6, 6.07) is 8.74. The number of nitrogens with one attached hydrogen (secondary N) is 1. The van der Waals surface area contributed by atoms with Gasteiger partial charge in [0.1, 0.15) is 11.6 Å². The number of nitriles is 1. The van der Waals surface area contributed by atoms with E-state index in [4.69, 9.17) is 5.26 Å². The lowest BCUT2D eigenvalue weighted by Gasteiger charge is -2.15. The largest absolute Gasteiger partial charge is 0.360 e. The van der Waals surface area contributed by atoms with E-state index in [0.717, 1.165) is 0 Å². The van der Waals surface area contributed by atoms with Gasteiger partial charge < -0.3 is 5.32 Å². The third-order valence-electron chi connectivity index (χ3n) is 2.72. The van der Waals surface area contributed by atoms with Crippen molar-refractivity contribution in [2.24, 2.45) is 5.41 Å². The highest BCUT2D eigenvalue weighted by atomic mass is 16.1. The zero-order chi connectivity index (χ0) is 15.3. The minimum absolute atomic E-state index is 0.00674. The van der Waals surface area contributed by atoms with E-state index in [1.165, 1.54) is 13.1 Å². The minimum Gasteiger partial charge on any atom is -0.360 e. The van der Waals surface area contributed by atoms with Crippen molar-refractivity contribution in [3.8, 4) is 6.07 Å². The lowest BCUT2D eigenvalue weighted by atomic mass is 9.87. The Bertz CT molecular complexity index is 584. The summed E-state index contributed by atoms with van der Waals surface area (Å²) in [5.74, 6) is -0.222. The van der Waals surface area contributed by atoms with Gasteiger partial charge in [0.2, 0.25) is 0 Å². The standard InChI is InChI=1S/C16H18N2O2/c1-11(19)12-5-7-14(8-6-12)18-10-13(9-17)15(20)16(2,3)4/h5-8,10,18H,1-4H3/b13-10+. The van der Waals surface area contributed by atoms with Crippen LogP contribution < -0.4 is 5.32 Å². The van der Waals surface area contributed by atoms with Crippen molar-refractivity contribution in [3.63, 3.8) is 0 Å². The number of carbonyl (C=O) groups is 2. The fourth-order valence-electron chi connectivity index (χ4n) is 1.51. The van der Waals surface area contributed by atoms with Crippen molar-refractivity contribution in [2.45, 2.75) is 27.7 Å². The maximum atomic E-state index is 12.0. The molecule has 4 heteroatoms. The smallest absolute Gasteiger partial charge is 0.180 e. The van der Waals surface area contributed by atoms with Gasteiger partial charge in [0.25, 0.3) is 0 Å². The van der Waals surface area contributed by atoms with Crippen LogP contribution in [0.1, 0.15) is 38.1 Å². The van der Waals surface area contributed by atoms with Crippen LogP contribution >= 0.6 is 0 Å². The Morgan fingerprint density at radius 3 is 2.15 bits per heavy atom. The van der Waals surface area contributed by atoms with Gasteiger partial charge in [0.15, 0.2) is 11.6 Å². The fraction of sp³-hybridized carbons (Fsp3) is 0.312. The first-order chi connectivity index (χ1) is 9.25. The van der Waals surface area contributed by atoms with Crippen LogP contribution in [0.5, 0.6) is 0 Å². The highest BCUT2D eigenvalue weighted by Crippen LogP contribution is 2.20. The van der Waals surface area contributed by atoms with Crippen LogP contribution in [0, 0.1) is 16.7 Å². The van der Waals surface area contributed by atoms with Gasteiger partial charge in [-0.2, -0.15) is 5.26 Å². The molecule has 1 aromatic carbocycles. The van der Waals surface area contributed by atoms with Crippen LogP contribution in [0.3, 0.4) is 0 Å². The number of ketones is 2. The minimum atomic E-state index is -0.596. The number of carbonyl (C=O) groups excluding carboxylic acids is 2. The first-order valence-corrected chi connectivity index (χ1v) is 6.28. The summed E-state index contributed by atoms with van der Waals surface area (Å²) in [6.45, 7) is 6.80. The van der Waals surface area contributed by atoms with E-state index in [2.05, 4.69) is 5.32 Å². The average Bonchev–Trinajstić information content (AvgIpc) is 2.38. The van der Waals surface area contributed by atoms with Gasteiger partial charge in [0.05, 0.1) is 0 Å². The molecule has 0 aliphatic carbocycles. The lowest BCUT2D eigenvalue weighted by Crippen LogP contribution is -2.22. The van der Waals surface area contributed by atoms with Gasteiger partial charge in [-0.25, -0.2) is 0 Å². The first-order valence-electron chi connectivity index (χ1n) is 6.28. The van der Waals surface area contributed by atoms with Gasteiger partial charge in [-0.15, -0.1) is 0 Å². The number of hydrogen-bond donors (Lipinski definition) is 1. The molecule has 0 amide bonds. The van der Waals surface area contributed by atoms with Gasteiger partial charge in [-0.05, 0) is 31.2 Å². The van der Waals surface area contributed by atoms with Crippen molar-refractivity contribution in [1.82, 2.24) is 0 Å². The quantitative estimate of drug-likeness (QED) is 0.517. The maximum absolute atomic E-state index is 12.0. The third-order valence-corrected chi connectivity index (χ3v) is 2.72. The van der Waals surface area contributed by atoms with Crippen molar-refractivity contribution in [1.29, 1.82) is 5.26 Å². The van der Waals surface area contributed by atoms with Crippen LogP contribution in [-0.2, 0) is 4.79 Å². The monoisotopic (exact) mass is 270 g/mol. The Kier molecular flexibility index (Phi) is 4.82. The summed E-state index contributed by atoms with van der Waals surface area (Å²) in [5, 5.41) is 11.9. The van der Waals surface area contributed by atoms with E-state index >= 15 is 0 Å². The van der Waals surface area contributed by atoms with Gasteiger partial charge in [-0.3, -0.25) is 9.59 Å². The molecular weight excluding hydrogens is 252 g/mol. The number of hydrogen-bond acceptors (Lipinski definition) is 4. The van der Waals surface area contributed by atoms with Crippen molar-refractivity contribution >= 4 is 17.3 Å². The zero-order valence-corrected chi connectivity index (χ0v) is 12.2. The second kappa shape index (κ2) is 6.16. The molecule has 4 nitrogen and oxygen atoms in total. The Hall–Kier alpha value is -2.41. The Labute approximate surface area is 119 Å². The Balaban J connectivity index is 2.87. The lowest BCUT2D eigenvalue weighted by molar-refractivity contribution is -0.122. The Morgan fingerprint density at radius 2 is 1.75 bits per heavy atom.